The molecule has 1 N–H and O–H groups in total. The second kappa shape index (κ2) is 9.42. The maximum absolute atomic E-state index is 12.6. The molecular weight excluding hydrogens is 342 g/mol. The SMILES string of the molecule is COc1ccc(CCNC(=O)C(C)N2CCC(N3CCCC3)C2)cc1OC. The van der Waals surface area contributed by atoms with E-state index >= 15 is 0 Å². The number of carbonyl (C=O) groups is 1. The summed E-state index contributed by atoms with van der Waals surface area (Å²) in [5.41, 5.74) is 1.12. The van der Waals surface area contributed by atoms with Crippen molar-refractivity contribution < 1.29 is 14.3 Å². The van der Waals surface area contributed by atoms with Gasteiger partial charge in [0.15, 0.2) is 11.5 Å². The lowest BCUT2D eigenvalue weighted by atomic mass is 10.1. The van der Waals surface area contributed by atoms with E-state index in [1.165, 1.54) is 32.4 Å². The largest absolute Gasteiger partial charge is 0.493 e. The van der Waals surface area contributed by atoms with Crippen LogP contribution in [0, 0.1) is 0 Å². The molecular formula is C21H33N3O3. The molecule has 1 aromatic carbocycles. The molecule has 0 spiro atoms. The molecule has 6 heteroatoms. The number of hydrogen-bond donors (Lipinski definition) is 1. The molecule has 0 aromatic heterocycles. The average Bonchev–Trinajstić information content (AvgIpc) is 3.38. The summed E-state index contributed by atoms with van der Waals surface area (Å²) in [4.78, 5) is 17.5. The molecule has 0 bridgehead atoms. The number of amides is 1. The number of rotatable bonds is 8. The standard InChI is InChI=1S/C21H33N3O3/c1-16(24-13-9-18(15-24)23-11-4-5-12-23)21(25)22-10-8-17-6-7-19(26-2)20(14-17)27-3/h6-7,14,16,18H,4-5,8-13,15H2,1-3H3,(H,22,25). The van der Waals surface area contributed by atoms with Gasteiger partial charge in [-0.1, -0.05) is 6.07 Å². The third-order valence-corrected chi connectivity index (χ3v) is 5.94. The second-order valence-corrected chi connectivity index (χ2v) is 7.59. The van der Waals surface area contributed by atoms with Gasteiger partial charge in [0.1, 0.15) is 0 Å². The Balaban J connectivity index is 1.44. The minimum atomic E-state index is -0.0667. The van der Waals surface area contributed by atoms with Crippen LogP contribution in [0.25, 0.3) is 0 Å². The van der Waals surface area contributed by atoms with Crippen LogP contribution in [0.4, 0.5) is 0 Å². The first-order valence-corrected chi connectivity index (χ1v) is 10.1. The van der Waals surface area contributed by atoms with Gasteiger partial charge in [0, 0.05) is 25.7 Å². The van der Waals surface area contributed by atoms with E-state index in [2.05, 4.69) is 15.1 Å². The van der Waals surface area contributed by atoms with E-state index in [1.54, 1.807) is 14.2 Å². The van der Waals surface area contributed by atoms with Gasteiger partial charge >= 0.3 is 0 Å². The molecule has 2 heterocycles. The van der Waals surface area contributed by atoms with Crippen LogP contribution >= 0.6 is 0 Å². The number of ether oxygens (including phenoxy) is 2. The van der Waals surface area contributed by atoms with Gasteiger partial charge in [0.25, 0.3) is 0 Å². The Hall–Kier alpha value is -1.79. The highest BCUT2D eigenvalue weighted by Gasteiger charge is 2.33. The molecule has 2 atom stereocenters. The fraction of sp³-hybridized carbons (Fsp3) is 0.667. The quantitative estimate of drug-likeness (QED) is 0.752. The number of nitrogens with zero attached hydrogens (tertiary/aromatic N) is 2. The lowest BCUT2D eigenvalue weighted by molar-refractivity contribution is -0.125. The van der Waals surface area contributed by atoms with Crippen LogP contribution in [0.3, 0.4) is 0 Å². The van der Waals surface area contributed by atoms with Crippen molar-refractivity contribution in [1.82, 2.24) is 15.1 Å². The first-order chi connectivity index (χ1) is 13.1. The summed E-state index contributed by atoms with van der Waals surface area (Å²) < 4.78 is 10.6. The third kappa shape index (κ3) is 4.93. The van der Waals surface area contributed by atoms with E-state index in [-0.39, 0.29) is 11.9 Å². The minimum Gasteiger partial charge on any atom is -0.493 e. The zero-order valence-corrected chi connectivity index (χ0v) is 16.9. The van der Waals surface area contributed by atoms with E-state index in [9.17, 15) is 4.79 Å². The van der Waals surface area contributed by atoms with Crippen molar-refractivity contribution in [2.24, 2.45) is 0 Å². The predicted molar refractivity (Wildman–Crippen MR) is 107 cm³/mol. The molecule has 2 saturated heterocycles. The minimum absolute atomic E-state index is 0.0667. The van der Waals surface area contributed by atoms with Crippen LogP contribution in [0.1, 0.15) is 31.7 Å². The smallest absolute Gasteiger partial charge is 0.237 e. The Morgan fingerprint density at radius 1 is 1.19 bits per heavy atom. The van der Waals surface area contributed by atoms with Gasteiger partial charge in [-0.05, 0) is 63.4 Å². The summed E-state index contributed by atoms with van der Waals surface area (Å²) in [5.74, 6) is 1.57. The van der Waals surface area contributed by atoms with Gasteiger partial charge in [0.05, 0.1) is 20.3 Å². The maximum Gasteiger partial charge on any atom is 0.237 e. The lowest BCUT2D eigenvalue weighted by Crippen LogP contribution is -2.46. The summed E-state index contributed by atoms with van der Waals surface area (Å²) in [7, 11) is 3.27. The van der Waals surface area contributed by atoms with Gasteiger partial charge in [0.2, 0.25) is 5.91 Å². The van der Waals surface area contributed by atoms with Crippen LogP contribution < -0.4 is 14.8 Å². The second-order valence-electron chi connectivity index (χ2n) is 7.59. The Labute approximate surface area is 162 Å². The van der Waals surface area contributed by atoms with Crippen LogP contribution in [0.2, 0.25) is 0 Å². The molecule has 1 aromatic rings. The van der Waals surface area contributed by atoms with E-state index < -0.39 is 0 Å². The van der Waals surface area contributed by atoms with Crippen LogP contribution in [0.15, 0.2) is 18.2 Å². The highest BCUT2D eigenvalue weighted by Crippen LogP contribution is 2.27. The Bertz CT molecular complexity index is 631. The fourth-order valence-corrected chi connectivity index (χ4v) is 4.20. The first-order valence-electron chi connectivity index (χ1n) is 10.1. The van der Waals surface area contributed by atoms with Gasteiger partial charge in [-0.2, -0.15) is 0 Å². The first kappa shape index (κ1) is 20.0. The van der Waals surface area contributed by atoms with Crippen LogP contribution in [-0.4, -0.2) is 74.7 Å². The Kier molecular flexibility index (Phi) is 6.96. The van der Waals surface area contributed by atoms with Crippen molar-refractivity contribution in [3.63, 3.8) is 0 Å². The molecule has 0 aliphatic carbocycles. The molecule has 2 aliphatic heterocycles. The zero-order chi connectivity index (χ0) is 19.2. The lowest BCUT2D eigenvalue weighted by Gasteiger charge is -2.26. The molecule has 6 nitrogen and oxygen atoms in total. The van der Waals surface area contributed by atoms with Gasteiger partial charge in [-0.3, -0.25) is 14.6 Å². The average molecular weight is 376 g/mol. The van der Waals surface area contributed by atoms with Crippen molar-refractivity contribution in [3.8, 4) is 11.5 Å². The van der Waals surface area contributed by atoms with E-state index in [4.69, 9.17) is 9.47 Å². The van der Waals surface area contributed by atoms with Crippen molar-refractivity contribution >= 4 is 5.91 Å². The topological polar surface area (TPSA) is 54.0 Å². The van der Waals surface area contributed by atoms with Crippen molar-refractivity contribution in [2.75, 3.05) is 46.9 Å². The molecule has 0 saturated carbocycles. The molecule has 27 heavy (non-hydrogen) atoms. The van der Waals surface area contributed by atoms with E-state index in [1.807, 2.05) is 25.1 Å². The van der Waals surface area contributed by atoms with E-state index in [0.717, 1.165) is 36.6 Å². The van der Waals surface area contributed by atoms with E-state index in [0.29, 0.717) is 12.6 Å². The number of hydrogen-bond acceptors (Lipinski definition) is 5. The number of methoxy groups -OCH3 is 2. The zero-order valence-electron chi connectivity index (χ0n) is 16.9. The molecule has 2 unspecified atom stereocenters. The molecule has 0 radical (unpaired) electrons. The molecule has 3 rings (SSSR count). The Morgan fingerprint density at radius 2 is 1.93 bits per heavy atom. The predicted octanol–water partition coefficient (Wildman–Crippen LogP) is 1.92. The molecule has 150 valence electrons. The monoisotopic (exact) mass is 375 g/mol. The highest BCUT2D eigenvalue weighted by molar-refractivity contribution is 5.81. The van der Waals surface area contributed by atoms with Crippen molar-refractivity contribution in [1.29, 1.82) is 0 Å². The summed E-state index contributed by atoms with van der Waals surface area (Å²) >= 11 is 0. The van der Waals surface area contributed by atoms with Gasteiger partial charge in [-0.15, -0.1) is 0 Å². The van der Waals surface area contributed by atoms with Crippen molar-refractivity contribution in [3.05, 3.63) is 23.8 Å². The third-order valence-electron chi connectivity index (χ3n) is 5.94. The van der Waals surface area contributed by atoms with Gasteiger partial charge < -0.3 is 14.8 Å². The van der Waals surface area contributed by atoms with Gasteiger partial charge in [-0.25, -0.2) is 0 Å². The fourth-order valence-electron chi connectivity index (χ4n) is 4.20. The van der Waals surface area contributed by atoms with Crippen molar-refractivity contribution in [2.45, 2.75) is 44.7 Å². The van der Waals surface area contributed by atoms with Crippen LogP contribution in [-0.2, 0) is 11.2 Å². The number of benzene rings is 1. The number of likely N-dealkylation sites (tertiary alicyclic amines) is 2. The number of carbonyl (C=O) groups excluding carboxylic acids is 1. The summed E-state index contributed by atoms with van der Waals surface area (Å²) in [6.07, 6.45) is 4.60. The molecule has 2 aliphatic rings. The molecule has 2 fully saturated rings. The van der Waals surface area contributed by atoms with Crippen LogP contribution in [0.5, 0.6) is 11.5 Å². The Morgan fingerprint density at radius 3 is 2.63 bits per heavy atom. The highest BCUT2D eigenvalue weighted by atomic mass is 16.5. The summed E-state index contributed by atoms with van der Waals surface area (Å²) in [5, 5.41) is 3.09. The number of nitrogens with one attached hydrogen (secondary N) is 1. The summed E-state index contributed by atoms with van der Waals surface area (Å²) in [6.45, 7) is 7.14. The summed E-state index contributed by atoms with van der Waals surface area (Å²) in [6, 6.07) is 6.45. The molecule has 1 amide bonds. The maximum atomic E-state index is 12.6. The normalized spacial score (nSPS) is 22.0.